The van der Waals surface area contributed by atoms with E-state index in [1.165, 1.54) is 0 Å². The van der Waals surface area contributed by atoms with Gasteiger partial charge in [-0.3, -0.25) is 4.79 Å². The Kier molecular flexibility index (Phi) is 7.58. The van der Waals surface area contributed by atoms with Crippen LogP contribution in [0.4, 0.5) is 4.79 Å². The molecule has 2 aromatic rings. The highest BCUT2D eigenvalue weighted by Gasteiger charge is 2.42. The molecule has 1 unspecified atom stereocenters. The number of primary amides is 1. The van der Waals surface area contributed by atoms with Crippen LogP contribution in [0.5, 0.6) is 0 Å². The summed E-state index contributed by atoms with van der Waals surface area (Å²) in [4.78, 5) is 26.0. The quantitative estimate of drug-likeness (QED) is 0.650. The van der Waals surface area contributed by atoms with Crippen LogP contribution in [0.3, 0.4) is 0 Å². The Bertz CT molecular complexity index is 874. The third-order valence-corrected chi connectivity index (χ3v) is 5.61. The smallest absolute Gasteiger partial charge is 0.404 e. The van der Waals surface area contributed by atoms with Gasteiger partial charge in [0.25, 0.3) is 0 Å². The number of hydrogen-bond acceptors (Lipinski definition) is 4. The standard InChI is InChI=1S/C22H24Cl2N2O4/c1-2-3-18(12-30-22(25)28)26-19(27)13-29-21(15-6-10-17(24)11-7-15)20(26)14-4-8-16(23)9-5-14/h4-11,18,20-21H,2-3,12-13H2,1H3,(H2,25,28)/t18?,20-,21+/m1/s1. The lowest BCUT2D eigenvalue weighted by atomic mass is 9.91. The highest BCUT2D eigenvalue weighted by Crippen LogP contribution is 2.42. The number of carbonyl (C=O) groups is 2. The van der Waals surface area contributed by atoms with Crippen molar-refractivity contribution in [3.63, 3.8) is 0 Å². The first-order valence-electron chi connectivity index (χ1n) is 9.76. The van der Waals surface area contributed by atoms with Crippen LogP contribution in [0.25, 0.3) is 0 Å². The zero-order chi connectivity index (χ0) is 21.7. The van der Waals surface area contributed by atoms with Gasteiger partial charge in [0.1, 0.15) is 19.3 Å². The molecule has 8 heteroatoms. The molecule has 30 heavy (non-hydrogen) atoms. The molecule has 1 heterocycles. The van der Waals surface area contributed by atoms with Crippen molar-refractivity contribution in [2.75, 3.05) is 13.2 Å². The Morgan fingerprint density at radius 2 is 1.70 bits per heavy atom. The zero-order valence-corrected chi connectivity index (χ0v) is 18.1. The Balaban J connectivity index is 2.05. The summed E-state index contributed by atoms with van der Waals surface area (Å²) >= 11 is 12.1. The Hall–Kier alpha value is -2.28. The second-order valence-electron chi connectivity index (χ2n) is 7.15. The number of ether oxygens (including phenoxy) is 2. The summed E-state index contributed by atoms with van der Waals surface area (Å²) in [6, 6.07) is 13.9. The van der Waals surface area contributed by atoms with Crippen LogP contribution in [0, 0.1) is 0 Å². The van der Waals surface area contributed by atoms with Gasteiger partial charge in [0.05, 0.1) is 12.1 Å². The lowest BCUT2D eigenvalue weighted by molar-refractivity contribution is -0.165. The number of halogens is 2. The summed E-state index contributed by atoms with van der Waals surface area (Å²) in [7, 11) is 0. The molecule has 0 bridgehead atoms. The van der Waals surface area contributed by atoms with E-state index in [9.17, 15) is 9.59 Å². The summed E-state index contributed by atoms with van der Waals surface area (Å²) in [6.07, 6.45) is 0.162. The van der Waals surface area contributed by atoms with E-state index in [1.807, 2.05) is 31.2 Å². The number of nitrogens with two attached hydrogens (primary N) is 1. The monoisotopic (exact) mass is 450 g/mol. The predicted molar refractivity (Wildman–Crippen MR) is 115 cm³/mol. The van der Waals surface area contributed by atoms with Crippen molar-refractivity contribution < 1.29 is 19.1 Å². The first-order chi connectivity index (χ1) is 14.4. The van der Waals surface area contributed by atoms with E-state index in [-0.39, 0.29) is 25.2 Å². The molecule has 160 valence electrons. The minimum Gasteiger partial charge on any atom is -0.448 e. The summed E-state index contributed by atoms with van der Waals surface area (Å²) in [5, 5.41) is 1.21. The molecule has 3 atom stereocenters. The number of morpholine rings is 1. The third-order valence-electron chi connectivity index (χ3n) is 5.10. The van der Waals surface area contributed by atoms with Gasteiger partial charge in [-0.1, -0.05) is 60.8 Å². The minimum absolute atomic E-state index is 0.0202. The lowest BCUT2D eigenvalue weighted by Gasteiger charge is -2.45. The molecular weight excluding hydrogens is 427 g/mol. The van der Waals surface area contributed by atoms with Gasteiger partial charge in [-0.2, -0.15) is 0 Å². The van der Waals surface area contributed by atoms with Crippen LogP contribution < -0.4 is 5.73 Å². The average Bonchev–Trinajstić information content (AvgIpc) is 2.72. The largest absolute Gasteiger partial charge is 0.448 e. The summed E-state index contributed by atoms with van der Waals surface area (Å²) in [6.45, 7) is 1.96. The minimum atomic E-state index is -0.867. The SMILES string of the molecule is CCCC(COC(N)=O)N1C(=O)CO[C@@H](c2ccc(Cl)cc2)[C@H]1c1ccc(Cl)cc1. The molecule has 2 N–H and O–H groups in total. The van der Waals surface area contributed by atoms with Crippen molar-refractivity contribution in [2.24, 2.45) is 5.73 Å². The van der Waals surface area contributed by atoms with Crippen LogP contribution in [-0.4, -0.2) is 36.2 Å². The highest BCUT2D eigenvalue weighted by molar-refractivity contribution is 6.30. The Morgan fingerprint density at radius 3 is 2.23 bits per heavy atom. The van der Waals surface area contributed by atoms with Crippen molar-refractivity contribution in [3.8, 4) is 0 Å². The van der Waals surface area contributed by atoms with Crippen LogP contribution >= 0.6 is 23.2 Å². The van der Waals surface area contributed by atoms with E-state index < -0.39 is 18.2 Å². The maximum Gasteiger partial charge on any atom is 0.404 e. The van der Waals surface area contributed by atoms with Gasteiger partial charge >= 0.3 is 6.09 Å². The van der Waals surface area contributed by atoms with Gasteiger partial charge in [-0.05, 0) is 41.8 Å². The molecular formula is C22H24Cl2N2O4. The molecule has 1 aliphatic heterocycles. The fourth-order valence-electron chi connectivity index (χ4n) is 3.80. The number of rotatable bonds is 7. The fourth-order valence-corrected chi connectivity index (χ4v) is 4.05. The molecule has 1 aliphatic rings. The van der Waals surface area contributed by atoms with Gasteiger partial charge in [0.2, 0.25) is 5.91 Å². The molecule has 1 saturated heterocycles. The third kappa shape index (κ3) is 5.25. The second-order valence-corrected chi connectivity index (χ2v) is 8.03. The molecule has 6 nitrogen and oxygen atoms in total. The van der Waals surface area contributed by atoms with Gasteiger partial charge in [-0.25, -0.2) is 4.79 Å². The van der Waals surface area contributed by atoms with Crippen molar-refractivity contribution in [1.29, 1.82) is 0 Å². The first-order valence-corrected chi connectivity index (χ1v) is 10.5. The fraction of sp³-hybridized carbons (Fsp3) is 0.364. The van der Waals surface area contributed by atoms with Crippen molar-refractivity contribution >= 4 is 35.2 Å². The molecule has 0 radical (unpaired) electrons. The molecule has 1 fully saturated rings. The van der Waals surface area contributed by atoms with Crippen LogP contribution in [0.2, 0.25) is 10.0 Å². The number of benzene rings is 2. The van der Waals surface area contributed by atoms with Crippen molar-refractivity contribution in [3.05, 3.63) is 69.7 Å². The molecule has 0 saturated carbocycles. The summed E-state index contributed by atoms with van der Waals surface area (Å²) in [5.74, 6) is -0.174. The van der Waals surface area contributed by atoms with Gasteiger partial charge in [0, 0.05) is 10.0 Å². The molecule has 0 aromatic heterocycles. The van der Waals surface area contributed by atoms with E-state index in [0.717, 1.165) is 17.5 Å². The van der Waals surface area contributed by atoms with E-state index >= 15 is 0 Å². The predicted octanol–water partition coefficient (Wildman–Crippen LogP) is 4.90. The zero-order valence-electron chi connectivity index (χ0n) is 16.6. The Morgan fingerprint density at radius 1 is 1.13 bits per heavy atom. The van der Waals surface area contributed by atoms with E-state index in [1.54, 1.807) is 29.2 Å². The van der Waals surface area contributed by atoms with E-state index in [0.29, 0.717) is 16.5 Å². The van der Waals surface area contributed by atoms with Crippen LogP contribution in [0.15, 0.2) is 48.5 Å². The van der Waals surface area contributed by atoms with E-state index in [2.05, 4.69) is 0 Å². The lowest BCUT2D eigenvalue weighted by Crippen LogP contribution is -2.52. The molecule has 2 amide bonds. The number of carbonyl (C=O) groups excluding carboxylic acids is 2. The molecule has 2 aromatic carbocycles. The van der Waals surface area contributed by atoms with Gasteiger partial charge < -0.3 is 20.1 Å². The maximum atomic E-state index is 13.0. The summed E-state index contributed by atoms with van der Waals surface area (Å²) < 4.78 is 11.1. The molecule has 3 rings (SSSR count). The average molecular weight is 451 g/mol. The van der Waals surface area contributed by atoms with Gasteiger partial charge in [-0.15, -0.1) is 0 Å². The van der Waals surface area contributed by atoms with Crippen LogP contribution in [-0.2, 0) is 14.3 Å². The van der Waals surface area contributed by atoms with Crippen molar-refractivity contribution in [1.82, 2.24) is 4.90 Å². The normalized spacial score (nSPS) is 20.1. The number of hydrogen-bond donors (Lipinski definition) is 1. The van der Waals surface area contributed by atoms with Gasteiger partial charge in [0.15, 0.2) is 0 Å². The van der Waals surface area contributed by atoms with E-state index in [4.69, 9.17) is 38.4 Å². The first kappa shape index (κ1) is 22.4. The number of amides is 2. The maximum absolute atomic E-state index is 13.0. The molecule has 0 spiro atoms. The second kappa shape index (κ2) is 10.2. The summed E-state index contributed by atoms with van der Waals surface area (Å²) in [5.41, 5.74) is 6.94. The molecule has 0 aliphatic carbocycles. The number of nitrogens with zero attached hydrogens (tertiary/aromatic N) is 1. The topological polar surface area (TPSA) is 81.9 Å². The Labute approximate surface area is 185 Å². The van der Waals surface area contributed by atoms with Crippen LogP contribution in [0.1, 0.15) is 43.0 Å². The van der Waals surface area contributed by atoms with Crippen molar-refractivity contribution in [2.45, 2.75) is 38.0 Å². The highest BCUT2D eigenvalue weighted by atomic mass is 35.5.